The third kappa shape index (κ3) is 17.4. The molecule has 0 aliphatic rings. The molecule has 0 aliphatic carbocycles. The lowest BCUT2D eigenvalue weighted by Gasteiger charge is -2.19. The summed E-state index contributed by atoms with van der Waals surface area (Å²) in [6.45, 7) is 3.75. The number of aliphatic hydroxyl groups excluding tert-OH is 3. The van der Waals surface area contributed by atoms with E-state index in [0.29, 0.717) is 59.5 Å². The van der Waals surface area contributed by atoms with Crippen molar-refractivity contribution >= 4 is 0 Å². The van der Waals surface area contributed by atoms with Crippen molar-refractivity contribution in [1.29, 1.82) is 0 Å². The summed E-state index contributed by atoms with van der Waals surface area (Å²) in [6.07, 6.45) is -1.65. The third-order valence-electron chi connectivity index (χ3n) is 3.93. The van der Waals surface area contributed by atoms with E-state index >= 15 is 0 Å². The zero-order valence-electron chi connectivity index (χ0n) is 18.6. The van der Waals surface area contributed by atoms with E-state index in [2.05, 4.69) is 0 Å². The van der Waals surface area contributed by atoms with Crippen LogP contribution in [0.1, 0.15) is 5.56 Å². The van der Waals surface area contributed by atoms with Crippen LogP contribution in [0.15, 0.2) is 30.3 Å². The van der Waals surface area contributed by atoms with Crippen LogP contribution in [0.4, 0.5) is 0 Å². The number of rotatable bonds is 23. The summed E-state index contributed by atoms with van der Waals surface area (Å²) in [7, 11) is 0. The maximum absolute atomic E-state index is 9.92. The second-order valence-corrected chi connectivity index (χ2v) is 6.64. The van der Waals surface area contributed by atoms with Gasteiger partial charge in [0.25, 0.3) is 0 Å². The fourth-order valence-electron chi connectivity index (χ4n) is 2.37. The predicted molar refractivity (Wildman–Crippen MR) is 115 cm³/mol. The summed E-state index contributed by atoms with van der Waals surface area (Å²) in [4.78, 5) is 0. The van der Waals surface area contributed by atoms with Crippen molar-refractivity contribution in [1.82, 2.24) is 0 Å². The second kappa shape index (κ2) is 21.7. The summed E-state index contributed by atoms with van der Waals surface area (Å²) in [5.74, 6) is 0. The maximum atomic E-state index is 9.92. The van der Waals surface area contributed by atoms with Crippen molar-refractivity contribution in [2.75, 3.05) is 85.9 Å². The maximum Gasteiger partial charge on any atom is 0.180 e. The van der Waals surface area contributed by atoms with Crippen molar-refractivity contribution in [2.45, 2.75) is 19.0 Å². The summed E-state index contributed by atoms with van der Waals surface area (Å²) >= 11 is 0. The Morgan fingerprint density at radius 1 is 0.625 bits per heavy atom. The molecule has 0 radical (unpaired) electrons. The Labute approximate surface area is 189 Å². The quantitative estimate of drug-likeness (QED) is 0.151. The minimum absolute atomic E-state index is 0.00958. The van der Waals surface area contributed by atoms with Gasteiger partial charge in [0.05, 0.1) is 92.5 Å². The molecule has 186 valence electrons. The molecule has 0 amide bonds. The molecule has 0 saturated heterocycles. The Bertz CT molecular complexity index is 505. The molecule has 1 rings (SSSR count). The van der Waals surface area contributed by atoms with Crippen LogP contribution < -0.4 is 0 Å². The van der Waals surface area contributed by atoms with Gasteiger partial charge in [0.15, 0.2) is 6.29 Å². The van der Waals surface area contributed by atoms with E-state index in [0.717, 1.165) is 5.56 Å². The molecule has 0 saturated carbocycles. The molecule has 0 aliphatic heterocycles. The second-order valence-electron chi connectivity index (χ2n) is 6.64. The van der Waals surface area contributed by atoms with Crippen molar-refractivity contribution in [3.63, 3.8) is 0 Å². The molecule has 1 aromatic carbocycles. The van der Waals surface area contributed by atoms with E-state index in [-0.39, 0.29) is 33.0 Å². The average Bonchev–Trinajstić information content (AvgIpc) is 2.82. The van der Waals surface area contributed by atoms with Crippen LogP contribution in [0, 0.1) is 0 Å². The van der Waals surface area contributed by atoms with Crippen LogP contribution in [0.25, 0.3) is 0 Å². The topological polar surface area (TPSA) is 125 Å². The van der Waals surface area contributed by atoms with E-state index in [1.807, 2.05) is 30.3 Å². The van der Waals surface area contributed by atoms with Gasteiger partial charge in [-0.3, -0.25) is 0 Å². The number of hydrogen-bond acceptors (Lipinski definition) is 10. The standard InChI is InChI=1S/C22H38O10/c23-6-7-26-8-9-27-10-11-28-12-13-29-14-15-31-22(16-24)32-19-21(25)18-30-17-20-4-2-1-3-5-20/h1-5,21-25H,6-19H2. The fourth-order valence-corrected chi connectivity index (χ4v) is 2.37. The van der Waals surface area contributed by atoms with Gasteiger partial charge < -0.3 is 48.5 Å². The van der Waals surface area contributed by atoms with Crippen molar-refractivity contribution in [2.24, 2.45) is 0 Å². The van der Waals surface area contributed by atoms with E-state index < -0.39 is 12.4 Å². The molecule has 0 heterocycles. The first-order valence-corrected chi connectivity index (χ1v) is 10.8. The molecule has 0 bridgehead atoms. The molecule has 32 heavy (non-hydrogen) atoms. The largest absolute Gasteiger partial charge is 0.394 e. The van der Waals surface area contributed by atoms with Gasteiger partial charge in [0.1, 0.15) is 6.10 Å². The number of hydrogen-bond donors (Lipinski definition) is 3. The number of benzene rings is 1. The summed E-state index contributed by atoms with van der Waals surface area (Å²) in [6, 6.07) is 9.67. The van der Waals surface area contributed by atoms with Gasteiger partial charge in [-0.05, 0) is 5.56 Å². The number of aliphatic hydroxyl groups is 3. The van der Waals surface area contributed by atoms with E-state index in [9.17, 15) is 10.2 Å². The molecule has 1 aromatic rings. The summed E-state index contributed by atoms with van der Waals surface area (Å²) in [5, 5.41) is 27.8. The first-order chi connectivity index (χ1) is 15.8. The molecule has 0 aromatic heterocycles. The lowest BCUT2D eigenvalue weighted by atomic mass is 10.2. The van der Waals surface area contributed by atoms with Gasteiger partial charge in [-0.1, -0.05) is 30.3 Å². The van der Waals surface area contributed by atoms with Gasteiger partial charge in [0, 0.05) is 0 Å². The zero-order valence-corrected chi connectivity index (χ0v) is 18.6. The Morgan fingerprint density at radius 3 is 1.75 bits per heavy atom. The van der Waals surface area contributed by atoms with Gasteiger partial charge >= 0.3 is 0 Å². The van der Waals surface area contributed by atoms with E-state index in [1.165, 1.54) is 0 Å². The molecule has 2 atom stereocenters. The highest BCUT2D eigenvalue weighted by atomic mass is 16.7. The molecule has 10 nitrogen and oxygen atoms in total. The molecule has 3 N–H and O–H groups in total. The van der Waals surface area contributed by atoms with Gasteiger partial charge in [-0.2, -0.15) is 0 Å². The first kappa shape index (κ1) is 28.9. The normalized spacial score (nSPS) is 13.3. The minimum Gasteiger partial charge on any atom is -0.394 e. The van der Waals surface area contributed by atoms with Gasteiger partial charge in [-0.25, -0.2) is 0 Å². The average molecular weight is 463 g/mol. The smallest absolute Gasteiger partial charge is 0.180 e. The highest BCUT2D eigenvalue weighted by molar-refractivity contribution is 5.13. The Balaban J connectivity index is 1.88. The lowest BCUT2D eigenvalue weighted by molar-refractivity contribution is -0.185. The lowest BCUT2D eigenvalue weighted by Crippen LogP contribution is -2.30. The Kier molecular flexibility index (Phi) is 19.5. The van der Waals surface area contributed by atoms with Crippen molar-refractivity contribution in [3.05, 3.63) is 35.9 Å². The van der Waals surface area contributed by atoms with Crippen LogP contribution in [-0.4, -0.2) is 114 Å². The molecule has 0 spiro atoms. The third-order valence-corrected chi connectivity index (χ3v) is 3.93. The van der Waals surface area contributed by atoms with Crippen LogP contribution in [0.2, 0.25) is 0 Å². The predicted octanol–water partition coefficient (Wildman–Crippen LogP) is -0.0256. The van der Waals surface area contributed by atoms with E-state index in [1.54, 1.807) is 0 Å². The molecule has 2 unspecified atom stereocenters. The van der Waals surface area contributed by atoms with Crippen LogP contribution in [0.3, 0.4) is 0 Å². The molecular weight excluding hydrogens is 424 g/mol. The number of ether oxygens (including phenoxy) is 7. The highest BCUT2D eigenvalue weighted by Gasteiger charge is 2.12. The minimum atomic E-state index is -0.836. The summed E-state index contributed by atoms with van der Waals surface area (Å²) in [5.41, 5.74) is 1.02. The van der Waals surface area contributed by atoms with Crippen molar-refractivity contribution < 1.29 is 48.5 Å². The fraction of sp³-hybridized carbons (Fsp3) is 0.727. The molecule has 0 fully saturated rings. The molecular formula is C22H38O10. The summed E-state index contributed by atoms with van der Waals surface area (Å²) < 4.78 is 37.3. The van der Waals surface area contributed by atoms with Crippen LogP contribution >= 0.6 is 0 Å². The molecule has 10 heteroatoms. The van der Waals surface area contributed by atoms with Crippen molar-refractivity contribution in [3.8, 4) is 0 Å². The zero-order chi connectivity index (χ0) is 23.1. The van der Waals surface area contributed by atoms with Crippen LogP contribution in [-0.2, 0) is 39.8 Å². The Hall–Kier alpha value is -1.18. The highest BCUT2D eigenvalue weighted by Crippen LogP contribution is 2.02. The van der Waals surface area contributed by atoms with Gasteiger partial charge in [0.2, 0.25) is 0 Å². The SMILES string of the molecule is OCCOCCOCCOCCOCCOC(CO)OCC(O)COCc1ccccc1. The first-order valence-electron chi connectivity index (χ1n) is 10.8. The van der Waals surface area contributed by atoms with Gasteiger partial charge in [-0.15, -0.1) is 0 Å². The Morgan fingerprint density at radius 2 is 1.19 bits per heavy atom. The van der Waals surface area contributed by atoms with E-state index in [4.69, 9.17) is 38.3 Å². The monoisotopic (exact) mass is 462 g/mol. The van der Waals surface area contributed by atoms with Crippen LogP contribution in [0.5, 0.6) is 0 Å².